The first-order valence-electron chi connectivity index (χ1n) is 6.07. The van der Waals surface area contributed by atoms with E-state index in [0.717, 1.165) is 43.9 Å². The molecule has 1 aromatic rings. The van der Waals surface area contributed by atoms with Crippen molar-refractivity contribution < 1.29 is 0 Å². The maximum atomic E-state index is 9.41. The fraction of sp³-hybridized carbons (Fsp3) is 0.667. The van der Waals surface area contributed by atoms with Crippen LogP contribution in [-0.4, -0.2) is 40.9 Å². The molecule has 5 heteroatoms. The highest BCUT2D eigenvalue weighted by Gasteiger charge is 2.23. The van der Waals surface area contributed by atoms with E-state index in [1.54, 1.807) is 4.68 Å². The smallest absolute Gasteiger partial charge is 0.127 e. The molecular weight excluding hydrogens is 214 g/mol. The summed E-state index contributed by atoms with van der Waals surface area (Å²) < 4.78 is 1.78. The van der Waals surface area contributed by atoms with E-state index in [-0.39, 0.29) is 6.04 Å². The summed E-state index contributed by atoms with van der Waals surface area (Å²) in [5, 5.41) is 17.1. The highest BCUT2D eigenvalue weighted by molar-refractivity contribution is 5.25. The van der Waals surface area contributed by atoms with Crippen LogP contribution < -0.4 is 5.32 Å². The highest BCUT2D eigenvalue weighted by Crippen LogP contribution is 2.22. The number of nitrogens with zero attached hydrogens (tertiary/aromatic N) is 4. The van der Waals surface area contributed by atoms with Gasteiger partial charge in [0.25, 0.3) is 0 Å². The Bertz CT molecular complexity index is 409. The van der Waals surface area contributed by atoms with Crippen molar-refractivity contribution >= 4 is 0 Å². The third-order valence-electron chi connectivity index (χ3n) is 3.21. The highest BCUT2D eigenvalue weighted by atomic mass is 15.3. The molecular formula is C12H19N5. The van der Waals surface area contributed by atoms with E-state index in [2.05, 4.69) is 21.4 Å². The van der Waals surface area contributed by atoms with E-state index in [4.69, 9.17) is 0 Å². The average Bonchev–Trinajstić information content (AvgIpc) is 2.55. The molecule has 0 saturated carbocycles. The molecule has 1 unspecified atom stereocenters. The molecule has 1 N–H and O–H groups in total. The molecule has 1 atom stereocenters. The van der Waals surface area contributed by atoms with E-state index in [1.807, 2.05) is 20.2 Å². The first-order chi connectivity index (χ1) is 8.22. The zero-order chi connectivity index (χ0) is 12.3. The van der Waals surface area contributed by atoms with Crippen LogP contribution in [0.5, 0.6) is 0 Å². The Hall–Kier alpha value is -1.38. The minimum Gasteiger partial charge on any atom is -0.315 e. The molecule has 1 fully saturated rings. The molecule has 1 saturated heterocycles. The van der Waals surface area contributed by atoms with Gasteiger partial charge in [0.2, 0.25) is 0 Å². The molecule has 0 amide bonds. The van der Waals surface area contributed by atoms with Crippen molar-refractivity contribution in [2.24, 2.45) is 7.05 Å². The Morgan fingerprint density at radius 3 is 2.94 bits per heavy atom. The van der Waals surface area contributed by atoms with Crippen molar-refractivity contribution in [2.75, 3.05) is 26.2 Å². The third kappa shape index (κ3) is 2.65. The van der Waals surface area contributed by atoms with Crippen LogP contribution in [0.4, 0.5) is 0 Å². The number of nitrogens with one attached hydrogen (secondary N) is 1. The fourth-order valence-corrected chi connectivity index (χ4v) is 2.36. The topological polar surface area (TPSA) is 56.9 Å². The summed E-state index contributed by atoms with van der Waals surface area (Å²) in [4.78, 5) is 2.24. The molecule has 0 aliphatic carbocycles. The van der Waals surface area contributed by atoms with Gasteiger partial charge in [0.05, 0.1) is 11.8 Å². The first kappa shape index (κ1) is 12.1. The number of aromatic nitrogens is 2. The second-order valence-electron chi connectivity index (χ2n) is 4.51. The molecule has 1 aliphatic heterocycles. The maximum Gasteiger partial charge on any atom is 0.127 e. The van der Waals surface area contributed by atoms with Gasteiger partial charge in [0.1, 0.15) is 6.04 Å². The summed E-state index contributed by atoms with van der Waals surface area (Å²) >= 11 is 0. The van der Waals surface area contributed by atoms with Gasteiger partial charge in [-0.05, 0) is 19.9 Å². The molecule has 0 spiro atoms. The summed E-state index contributed by atoms with van der Waals surface area (Å²) in [7, 11) is 1.90. The van der Waals surface area contributed by atoms with E-state index < -0.39 is 0 Å². The minimum absolute atomic E-state index is 0.163. The zero-order valence-corrected chi connectivity index (χ0v) is 10.5. The van der Waals surface area contributed by atoms with Gasteiger partial charge in [-0.3, -0.25) is 9.58 Å². The Morgan fingerprint density at radius 1 is 1.47 bits per heavy atom. The number of nitriles is 1. The lowest BCUT2D eigenvalue weighted by atomic mass is 10.1. The summed E-state index contributed by atoms with van der Waals surface area (Å²) in [5.74, 6) is 0. The van der Waals surface area contributed by atoms with Crippen molar-refractivity contribution in [2.45, 2.75) is 19.4 Å². The van der Waals surface area contributed by atoms with E-state index in [0.29, 0.717) is 0 Å². The van der Waals surface area contributed by atoms with Crippen LogP contribution in [0, 0.1) is 18.3 Å². The molecule has 2 heterocycles. The molecule has 5 nitrogen and oxygen atoms in total. The summed E-state index contributed by atoms with van der Waals surface area (Å²) in [6.45, 7) is 5.86. The van der Waals surface area contributed by atoms with Crippen molar-refractivity contribution in [1.82, 2.24) is 20.0 Å². The van der Waals surface area contributed by atoms with Crippen molar-refractivity contribution in [3.63, 3.8) is 0 Å². The first-order valence-corrected chi connectivity index (χ1v) is 6.07. The summed E-state index contributed by atoms with van der Waals surface area (Å²) in [6.07, 6.45) is 3.05. The van der Waals surface area contributed by atoms with Crippen molar-refractivity contribution in [3.05, 3.63) is 17.5 Å². The van der Waals surface area contributed by atoms with Gasteiger partial charge in [-0.2, -0.15) is 10.4 Å². The Morgan fingerprint density at radius 2 is 2.29 bits per heavy atom. The van der Waals surface area contributed by atoms with Gasteiger partial charge in [-0.15, -0.1) is 0 Å². The molecule has 0 aromatic carbocycles. The van der Waals surface area contributed by atoms with E-state index >= 15 is 0 Å². The summed E-state index contributed by atoms with van der Waals surface area (Å²) in [6, 6.07) is 2.25. The minimum atomic E-state index is -0.163. The van der Waals surface area contributed by atoms with Gasteiger partial charge >= 0.3 is 0 Å². The van der Waals surface area contributed by atoms with Crippen LogP contribution in [0.1, 0.15) is 23.7 Å². The van der Waals surface area contributed by atoms with Crippen LogP contribution in [0.2, 0.25) is 0 Å². The maximum absolute atomic E-state index is 9.41. The molecule has 0 bridgehead atoms. The lowest BCUT2D eigenvalue weighted by Crippen LogP contribution is -2.31. The van der Waals surface area contributed by atoms with Gasteiger partial charge in [-0.25, -0.2) is 0 Å². The normalized spacial score (nSPS) is 19.6. The van der Waals surface area contributed by atoms with Crippen LogP contribution in [0.15, 0.2) is 6.20 Å². The van der Waals surface area contributed by atoms with Crippen LogP contribution >= 0.6 is 0 Å². The average molecular weight is 233 g/mol. The van der Waals surface area contributed by atoms with Gasteiger partial charge < -0.3 is 5.32 Å². The van der Waals surface area contributed by atoms with Crippen LogP contribution in [0.25, 0.3) is 0 Å². The van der Waals surface area contributed by atoms with Crippen LogP contribution in [-0.2, 0) is 7.05 Å². The Labute approximate surface area is 102 Å². The second kappa shape index (κ2) is 5.30. The largest absolute Gasteiger partial charge is 0.315 e. The van der Waals surface area contributed by atoms with Crippen molar-refractivity contribution in [1.29, 1.82) is 5.26 Å². The van der Waals surface area contributed by atoms with Crippen LogP contribution in [0.3, 0.4) is 0 Å². The van der Waals surface area contributed by atoms with E-state index in [1.165, 1.54) is 0 Å². The van der Waals surface area contributed by atoms with Gasteiger partial charge in [0.15, 0.2) is 0 Å². The number of hydrogen-bond acceptors (Lipinski definition) is 4. The Balaban J connectivity index is 2.20. The zero-order valence-electron chi connectivity index (χ0n) is 10.5. The third-order valence-corrected chi connectivity index (χ3v) is 3.21. The standard InChI is InChI=1S/C12H19N5/c1-10-11(9-16(2)15-10)12(8-13)17-6-3-4-14-5-7-17/h9,12,14H,3-7H2,1-2H3. The fourth-order valence-electron chi connectivity index (χ4n) is 2.36. The lowest BCUT2D eigenvalue weighted by Gasteiger charge is -2.24. The second-order valence-corrected chi connectivity index (χ2v) is 4.51. The van der Waals surface area contributed by atoms with Gasteiger partial charge in [-0.1, -0.05) is 0 Å². The number of aryl methyl sites for hydroxylation is 2. The predicted octanol–water partition coefficient (Wildman–Crippen LogP) is 0.588. The summed E-state index contributed by atoms with van der Waals surface area (Å²) in [5.41, 5.74) is 1.99. The predicted molar refractivity (Wildman–Crippen MR) is 65.4 cm³/mol. The van der Waals surface area contributed by atoms with Gasteiger partial charge in [0, 0.05) is 38.4 Å². The lowest BCUT2D eigenvalue weighted by molar-refractivity contribution is 0.252. The van der Waals surface area contributed by atoms with E-state index in [9.17, 15) is 5.26 Å². The monoisotopic (exact) mass is 233 g/mol. The molecule has 0 radical (unpaired) electrons. The molecule has 2 rings (SSSR count). The Kier molecular flexibility index (Phi) is 3.77. The molecule has 1 aliphatic rings. The quantitative estimate of drug-likeness (QED) is 0.812. The van der Waals surface area contributed by atoms with Crippen molar-refractivity contribution in [3.8, 4) is 6.07 Å². The molecule has 1 aromatic heterocycles. The molecule has 92 valence electrons. The molecule has 17 heavy (non-hydrogen) atoms. The SMILES string of the molecule is Cc1nn(C)cc1C(C#N)N1CCCNCC1. The number of hydrogen-bond donors (Lipinski definition) is 1. The number of rotatable bonds is 2.